The highest BCUT2D eigenvalue weighted by molar-refractivity contribution is 5.93. The Hall–Kier alpha value is -1.39. The Morgan fingerprint density at radius 3 is 2.76 bits per heavy atom. The van der Waals surface area contributed by atoms with Gasteiger partial charge in [0.2, 0.25) is 5.91 Å². The number of aliphatic hydroxyl groups is 1. The van der Waals surface area contributed by atoms with Gasteiger partial charge < -0.3 is 15.7 Å². The largest absolute Gasteiger partial charge is 0.392 e. The van der Waals surface area contributed by atoms with Crippen molar-refractivity contribution in [2.45, 2.75) is 20.5 Å². The van der Waals surface area contributed by atoms with Crippen molar-refractivity contribution < 1.29 is 9.90 Å². The normalized spacial score (nSPS) is 12.2. The first-order valence-corrected chi connectivity index (χ1v) is 5.89. The van der Waals surface area contributed by atoms with Gasteiger partial charge in [-0.05, 0) is 12.6 Å². The predicted molar refractivity (Wildman–Crippen MR) is 68.7 cm³/mol. The van der Waals surface area contributed by atoms with Gasteiger partial charge in [-0.15, -0.1) is 0 Å². The van der Waals surface area contributed by atoms with Crippen molar-refractivity contribution in [3.05, 3.63) is 29.8 Å². The molecule has 0 bridgehead atoms. The van der Waals surface area contributed by atoms with Crippen molar-refractivity contribution in [3.8, 4) is 0 Å². The highest BCUT2D eigenvalue weighted by Crippen LogP contribution is 2.15. The number of carbonyl (C=O) groups excluding carboxylic acids is 1. The molecule has 94 valence electrons. The van der Waals surface area contributed by atoms with Crippen LogP contribution in [0.5, 0.6) is 0 Å². The van der Waals surface area contributed by atoms with E-state index in [1.807, 2.05) is 26.0 Å². The van der Waals surface area contributed by atoms with Crippen molar-refractivity contribution >= 4 is 11.6 Å². The van der Waals surface area contributed by atoms with Gasteiger partial charge in [0.05, 0.1) is 6.61 Å². The van der Waals surface area contributed by atoms with E-state index in [0.717, 1.165) is 12.1 Å². The van der Waals surface area contributed by atoms with E-state index in [9.17, 15) is 4.79 Å². The van der Waals surface area contributed by atoms with Crippen LogP contribution >= 0.6 is 0 Å². The molecule has 4 heteroatoms. The van der Waals surface area contributed by atoms with Crippen LogP contribution in [-0.2, 0) is 11.4 Å². The number of nitrogens with one attached hydrogen (secondary N) is 2. The van der Waals surface area contributed by atoms with E-state index in [2.05, 4.69) is 10.6 Å². The minimum absolute atomic E-state index is 0.0353. The minimum atomic E-state index is -0.0956. The van der Waals surface area contributed by atoms with Gasteiger partial charge in [-0.1, -0.05) is 32.0 Å². The zero-order valence-corrected chi connectivity index (χ0v) is 10.4. The van der Waals surface area contributed by atoms with Gasteiger partial charge in [0, 0.05) is 23.7 Å². The zero-order chi connectivity index (χ0) is 12.7. The van der Waals surface area contributed by atoms with Crippen molar-refractivity contribution in [2.75, 3.05) is 18.4 Å². The second-order valence-electron chi connectivity index (χ2n) is 4.01. The summed E-state index contributed by atoms with van der Waals surface area (Å²) < 4.78 is 0. The maximum atomic E-state index is 11.9. The molecule has 0 fully saturated rings. The Morgan fingerprint density at radius 2 is 2.12 bits per heavy atom. The van der Waals surface area contributed by atoms with Crippen LogP contribution in [0, 0.1) is 5.92 Å². The summed E-state index contributed by atoms with van der Waals surface area (Å²) in [5.74, 6) is -0.131. The van der Waals surface area contributed by atoms with Crippen LogP contribution in [0.25, 0.3) is 0 Å². The molecule has 0 saturated heterocycles. The molecule has 1 aromatic rings. The van der Waals surface area contributed by atoms with Crippen molar-refractivity contribution in [1.29, 1.82) is 0 Å². The molecule has 0 heterocycles. The minimum Gasteiger partial charge on any atom is -0.392 e. The van der Waals surface area contributed by atoms with Crippen LogP contribution in [0.4, 0.5) is 5.69 Å². The molecule has 0 saturated carbocycles. The lowest BCUT2D eigenvalue weighted by molar-refractivity contribution is -0.119. The van der Waals surface area contributed by atoms with Crippen molar-refractivity contribution in [2.24, 2.45) is 5.92 Å². The van der Waals surface area contributed by atoms with Crippen LogP contribution in [0.1, 0.15) is 19.4 Å². The van der Waals surface area contributed by atoms with E-state index in [1.54, 1.807) is 12.1 Å². The summed E-state index contributed by atoms with van der Waals surface area (Å²) in [6, 6.07) is 7.26. The summed E-state index contributed by atoms with van der Waals surface area (Å²) in [4.78, 5) is 11.9. The van der Waals surface area contributed by atoms with Crippen molar-refractivity contribution in [3.63, 3.8) is 0 Å². The summed E-state index contributed by atoms with van der Waals surface area (Å²) in [6.07, 6.45) is 0. The SMILES string of the molecule is CCNCC(C)C(=O)Nc1ccccc1CO. The van der Waals surface area contributed by atoms with E-state index < -0.39 is 0 Å². The Bertz CT molecular complexity index is 366. The van der Waals surface area contributed by atoms with Crippen LogP contribution in [0.2, 0.25) is 0 Å². The summed E-state index contributed by atoms with van der Waals surface area (Å²) >= 11 is 0. The van der Waals surface area contributed by atoms with E-state index in [0.29, 0.717) is 12.2 Å². The Balaban J connectivity index is 2.61. The Morgan fingerprint density at radius 1 is 1.41 bits per heavy atom. The second kappa shape index (κ2) is 7.04. The third kappa shape index (κ3) is 4.17. The first kappa shape index (κ1) is 13.7. The van der Waals surface area contributed by atoms with Crippen LogP contribution in [0.3, 0.4) is 0 Å². The molecule has 4 nitrogen and oxygen atoms in total. The van der Waals surface area contributed by atoms with Gasteiger partial charge in [-0.25, -0.2) is 0 Å². The summed E-state index contributed by atoms with van der Waals surface area (Å²) in [6.45, 7) is 5.32. The second-order valence-corrected chi connectivity index (χ2v) is 4.01. The zero-order valence-electron chi connectivity index (χ0n) is 10.4. The van der Waals surface area contributed by atoms with E-state index in [4.69, 9.17) is 5.11 Å². The molecule has 1 amide bonds. The molecule has 0 aromatic heterocycles. The van der Waals surface area contributed by atoms with Crippen LogP contribution < -0.4 is 10.6 Å². The lowest BCUT2D eigenvalue weighted by Gasteiger charge is -2.14. The molecule has 0 radical (unpaired) electrons. The van der Waals surface area contributed by atoms with E-state index in [-0.39, 0.29) is 18.4 Å². The number of carbonyl (C=O) groups is 1. The molecule has 1 rings (SSSR count). The Kier molecular flexibility index (Phi) is 5.66. The lowest BCUT2D eigenvalue weighted by Crippen LogP contribution is -2.30. The van der Waals surface area contributed by atoms with Crippen LogP contribution in [0.15, 0.2) is 24.3 Å². The van der Waals surface area contributed by atoms with Gasteiger partial charge in [0.15, 0.2) is 0 Å². The highest BCUT2D eigenvalue weighted by atomic mass is 16.3. The maximum absolute atomic E-state index is 11.9. The molecule has 0 aliphatic carbocycles. The third-order valence-corrected chi connectivity index (χ3v) is 2.59. The molecule has 1 aromatic carbocycles. The monoisotopic (exact) mass is 236 g/mol. The Labute approximate surface area is 102 Å². The summed E-state index contributed by atoms with van der Waals surface area (Å²) in [5, 5.41) is 15.1. The molecule has 3 N–H and O–H groups in total. The van der Waals surface area contributed by atoms with Gasteiger partial charge in [-0.3, -0.25) is 4.79 Å². The number of amides is 1. The molecular weight excluding hydrogens is 216 g/mol. The number of hydrogen-bond donors (Lipinski definition) is 3. The average Bonchev–Trinajstić information content (AvgIpc) is 2.36. The number of aliphatic hydroxyl groups excluding tert-OH is 1. The highest BCUT2D eigenvalue weighted by Gasteiger charge is 2.13. The fraction of sp³-hybridized carbons (Fsp3) is 0.462. The van der Waals surface area contributed by atoms with Crippen molar-refractivity contribution in [1.82, 2.24) is 5.32 Å². The smallest absolute Gasteiger partial charge is 0.228 e. The molecular formula is C13H20N2O2. The van der Waals surface area contributed by atoms with Gasteiger partial charge in [0.1, 0.15) is 0 Å². The van der Waals surface area contributed by atoms with E-state index >= 15 is 0 Å². The quantitative estimate of drug-likeness (QED) is 0.699. The number of para-hydroxylation sites is 1. The standard InChI is InChI=1S/C13H20N2O2/c1-3-14-8-10(2)13(17)15-12-7-5-4-6-11(12)9-16/h4-7,10,14,16H,3,8-9H2,1-2H3,(H,15,17). The number of hydrogen-bond acceptors (Lipinski definition) is 3. The van der Waals surface area contributed by atoms with Crippen LogP contribution in [-0.4, -0.2) is 24.1 Å². The topological polar surface area (TPSA) is 61.4 Å². The first-order valence-electron chi connectivity index (χ1n) is 5.89. The fourth-order valence-electron chi connectivity index (χ4n) is 1.49. The first-order chi connectivity index (χ1) is 8.19. The van der Waals surface area contributed by atoms with E-state index in [1.165, 1.54) is 0 Å². The average molecular weight is 236 g/mol. The number of rotatable bonds is 6. The van der Waals surface area contributed by atoms with Gasteiger partial charge in [0.25, 0.3) is 0 Å². The number of benzene rings is 1. The molecule has 0 aliphatic rings. The number of anilines is 1. The predicted octanol–water partition coefficient (Wildman–Crippen LogP) is 1.36. The lowest BCUT2D eigenvalue weighted by atomic mass is 10.1. The molecule has 17 heavy (non-hydrogen) atoms. The fourth-order valence-corrected chi connectivity index (χ4v) is 1.49. The molecule has 1 atom stereocenters. The van der Waals surface area contributed by atoms with Gasteiger partial charge in [-0.2, -0.15) is 0 Å². The summed E-state index contributed by atoms with van der Waals surface area (Å²) in [5.41, 5.74) is 1.42. The molecule has 1 unspecified atom stereocenters. The third-order valence-electron chi connectivity index (χ3n) is 2.59. The summed E-state index contributed by atoms with van der Waals surface area (Å²) in [7, 11) is 0. The molecule has 0 spiro atoms. The molecule has 0 aliphatic heterocycles. The maximum Gasteiger partial charge on any atom is 0.228 e. The van der Waals surface area contributed by atoms with Gasteiger partial charge >= 0.3 is 0 Å².